The van der Waals surface area contributed by atoms with Gasteiger partial charge in [0, 0.05) is 17.7 Å². The number of aliphatic hydroxyl groups is 1. The van der Waals surface area contributed by atoms with Gasteiger partial charge in [0.15, 0.2) is 0 Å². The van der Waals surface area contributed by atoms with Crippen molar-refractivity contribution < 1.29 is 9.90 Å². The minimum atomic E-state index is -0.164. The van der Waals surface area contributed by atoms with Crippen LogP contribution in [0.1, 0.15) is 88.7 Å². The van der Waals surface area contributed by atoms with Crippen LogP contribution in [0.5, 0.6) is 0 Å². The molecule has 5 rings (SSSR count). The van der Waals surface area contributed by atoms with E-state index in [1.165, 1.54) is 12.0 Å². The first-order valence-electron chi connectivity index (χ1n) is 13.3. The van der Waals surface area contributed by atoms with Gasteiger partial charge in [0.25, 0.3) is 0 Å². The van der Waals surface area contributed by atoms with E-state index >= 15 is 0 Å². The van der Waals surface area contributed by atoms with Crippen LogP contribution in [0.25, 0.3) is 0 Å². The van der Waals surface area contributed by atoms with Crippen molar-refractivity contribution in [2.24, 2.45) is 17.8 Å². The minimum Gasteiger partial charge on any atom is -0.393 e. The third-order valence-electron chi connectivity index (χ3n) is 8.22. The highest BCUT2D eigenvalue weighted by Crippen LogP contribution is 2.42. The number of rotatable bonds is 4. The molecule has 5 heteroatoms. The molecule has 34 heavy (non-hydrogen) atoms. The molecule has 0 bridgehead atoms. The molecule has 182 valence electrons. The smallest absolute Gasteiger partial charge is 0.230 e. The Balaban J connectivity index is 1.43. The average Bonchev–Trinajstić information content (AvgIpc) is 3.00. The maximum atomic E-state index is 14.0. The van der Waals surface area contributed by atoms with Gasteiger partial charge in [-0.05, 0) is 99.3 Å². The summed E-state index contributed by atoms with van der Waals surface area (Å²) in [5, 5.41) is 13.5. The molecule has 2 fully saturated rings. The van der Waals surface area contributed by atoms with Crippen LogP contribution in [0, 0.1) is 17.8 Å². The van der Waals surface area contributed by atoms with Crippen LogP contribution in [-0.2, 0) is 11.3 Å². The molecule has 0 radical (unpaired) electrons. The molecule has 5 nitrogen and oxygen atoms in total. The highest BCUT2D eigenvalue weighted by Gasteiger charge is 2.33. The number of hydrogen-bond donors (Lipinski definition) is 2. The van der Waals surface area contributed by atoms with Crippen LogP contribution in [0.2, 0.25) is 0 Å². The SMILES string of the molecule is CC(C)C[C@H]1CC[C@H](C(=O)N2Cc3cccnc3Nc3ccc(C4CCC(O)CC4)cc32)CC1. The number of aromatic nitrogens is 1. The Morgan fingerprint density at radius 2 is 1.85 bits per heavy atom. The third kappa shape index (κ3) is 5.00. The molecule has 1 aromatic carbocycles. The summed E-state index contributed by atoms with van der Waals surface area (Å²) in [7, 11) is 0. The number of anilines is 3. The summed E-state index contributed by atoms with van der Waals surface area (Å²) in [5.74, 6) is 3.14. The van der Waals surface area contributed by atoms with Crippen LogP contribution in [0.3, 0.4) is 0 Å². The van der Waals surface area contributed by atoms with Crippen molar-refractivity contribution in [3.05, 3.63) is 47.7 Å². The van der Waals surface area contributed by atoms with Gasteiger partial charge in [-0.15, -0.1) is 0 Å². The van der Waals surface area contributed by atoms with E-state index in [2.05, 4.69) is 48.4 Å². The van der Waals surface area contributed by atoms with Crippen molar-refractivity contribution in [3.63, 3.8) is 0 Å². The fraction of sp³-hybridized carbons (Fsp3) is 0.586. The van der Waals surface area contributed by atoms with Crippen LogP contribution in [0.15, 0.2) is 36.5 Å². The first-order valence-corrected chi connectivity index (χ1v) is 13.3. The van der Waals surface area contributed by atoms with E-state index in [-0.39, 0.29) is 17.9 Å². The lowest BCUT2D eigenvalue weighted by atomic mass is 9.78. The van der Waals surface area contributed by atoms with Crippen molar-refractivity contribution in [1.82, 2.24) is 4.98 Å². The largest absolute Gasteiger partial charge is 0.393 e. The van der Waals surface area contributed by atoms with Crippen molar-refractivity contribution in [1.29, 1.82) is 0 Å². The maximum Gasteiger partial charge on any atom is 0.230 e. The molecule has 0 spiro atoms. The standard InChI is InChI=1S/C29H39N3O2/c1-19(2)16-20-5-7-22(8-6-20)29(34)32-18-24-4-3-15-30-28(24)31-26-14-11-23(17-27(26)32)21-9-12-25(33)13-10-21/h3-4,11,14-15,17,19-22,25,33H,5-10,12-13,16,18H2,1-2H3,(H,30,31)/t20-,21?,22-,25?. The fourth-order valence-corrected chi connectivity index (χ4v) is 6.33. The van der Waals surface area contributed by atoms with E-state index < -0.39 is 0 Å². The Kier molecular flexibility index (Phi) is 6.91. The summed E-state index contributed by atoms with van der Waals surface area (Å²) < 4.78 is 0. The molecule has 3 aliphatic rings. The molecule has 1 aliphatic heterocycles. The minimum absolute atomic E-state index is 0.1000. The number of fused-ring (bicyclic) bond motifs is 2. The van der Waals surface area contributed by atoms with Gasteiger partial charge in [-0.25, -0.2) is 4.98 Å². The van der Waals surface area contributed by atoms with Crippen molar-refractivity contribution >= 4 is 23.1 Å². The topological polar surface area (TPSA) is 65.5 Å². The molecular weight excluding hydrogens is 422 g/mol. The fourth-order valence-electron chi connectivity index (χ4n) is 6.33. The van der Waals surface area contributed by atoms with E-state index in [4.69, 9.17) is 0 Å². The summed E-state index contributed by atoms with van der Waals surface area (Å²) >= 11 is 0. The lowest BCUT2D eigenvalue weighted by molar-refractivity contribution is -0.123. The zero-order valence-electron chi connectivity index (χ0n) is 20.7. The normalized spacial score (nSPS) is 26.9. The summed E-state index contributed by atoms with van der Waals surface area (Å²) in [6.45, 7) is 5.16. The molecule has 2 heterocycles. The van der Waals surface area contributed by atoms with E-state index in [0.717, 1.165) is 86.0 Å². The predicted molar refractivity (Wildman–Crippen MR) is 137 cm³/mol. The van der Waals surface area contributed by atoms with Crippen LogP contribution >= 0.6 is 0 Å². The van der Waals surface area contributed by atoms with Crippen LogP contribution in [0.4, 0.5) is 17.2 Å². The van der Waals surface area contributed by atoms with Gasteiger partial charge in [-0.1, -0.05) is 26.0 Å². The highest BCUT2D eigenvalue weighted by atomic mass is 16.3. The summed E-state index contributed by atoms with van der Waals surface area (Å²) in [4.78, 5) is 20.6. The zero-order chi connectivity index (χ0) is 23.7. The van der Waals surface area contributed by atoms with Gasteiger partial charge in [0.05, 0.1) is 24.0 Å². The number of pyridine rings is 1. The second kappa shape index (κ2) is 10.1. The summed E-state index contributed by atoms with van der Waals surface area (Å²) in [5.41, 5.74) is 4.28. The first kappa shape index (κ1) is 23.3. The molecular formula is C29H39N3O2. The van der Waals surface area contributed by atoms with E-state index in [1.807, 2.05) is 11.0 Å². The molecule has 1 amide bonds. The lowest BCUT2D eigenvalue weighted by Gasteiger charge is -2.33. The molecule has 0 unspecified atom stereocenters. The van der Waals surface area contributed by atoms with E-state index in [9.17, 15) is 9.90 Å². The Morgan fingerprint density at radius 1 is 1.09 bits per heavy atom. The number of carbonyl (C=O) groups is 1. The Labute approximate surface area is 204 Å². The second-order valence-corrected chi connectivity index (χ2v) is 11.2. The molecule has 2 N–H and O–H groups in total. The Bertz CT molecular complexity index is 1000. The number of hydrogen-bond acceptors (Lipinski definition) is 4. The molecule has 2 aromatic rings. The zero-order valence-corrected chi connectivity index (χ0v) is 20.7. The van der Waals surface area contributed by atoms with Gasteiger partial charge >= 0.3 is 0 Å². The monoisotopic (exact) mass is 461 g/mol. The lowest BCUT2D eigenvalue weighted by Crippen LogP contribution is -2.37. The van der Waals surface area contributed by atoms with Crippen molar-refractivity contribution in [2.75, 3.05) is 10.2 Å². The Hall–Kier alpha value is -2.40. The number of aliphatic hydroxyl groups excluding tert-OH is 1. The van der Waals surface area contributed by atoms with Crippen LogP contribution < -0.4 is 10.2 Å². The third-order valence-corrected chi connectivity index (χ3v) is 8.22. The molecule has 0 atom stereocenters. The van der Waals surface area contributed by atoms with Crippen molar-refractivity contribution in [3.8, 4) is 0 Å². The average molecular weight is 462 g/mol. The number of carbonyl (C=O) groups excluding carboxylic acids is 1. The summed E-state index contributed by atoms with van der Waals surface area (Å²) in [6, 6.07) is 10.6. The molecule has 2 saturated carbocycles. The number of nitrogens with zero attached hydrogens (tertiary/aromatic N) is 2. The number of benzene rings is 1. The van der Waals surface area contributed by atoms with Crippen LogP contribution in [-0.4, -0.2) is 22.1 Å². The van der Waals surface area contributed by atoms with Gasteiger partial charge in [-0.3, -0.25) is 4.79 Å². The molecule has 1 aromatic heterocycles. The maximum absolute atomic E-state index is 14.0. The molecule has 0 saturated heterocycles. The van der Waals surface area contributed by atoms with E-state index in [1.54, 1.807) is 6.20 Å². The van der Waals surface area contributed by atoms with Gasteiger partial charge in [-0.2, -0.15) is 0 Å². The predicted octanol–water partition coefficient (Wildman–Crippen LogP) is 6.54. The van der Waals surface area contributed by atoms with Gasteiger partial charge in [0.1, 0.15) is 5.82 Å². The number of nitrogens with one attached hydrogen (secondary N) is 1. The summed E-state index contributed by atoms with van der Waals surface area (Å²) in [6.07, 6.45) is 11.0. The first-order chi connectivity index (χ1) is 16.5. The quantitative estimate of drug-likeness (QED) is 0.542. The Morgan fingerprint density at radius 3 is 2.59 bits per heavy atom. The molecule has 2 aliphatic carbocycles. The number of amides is 1. The van der Waals surface area contributed by atoms with Crippen molar-refractivity contribution in [2.45, 2.75) is 90.2 Å². The van der Waals surface area contributed by atoms with E-state index in [0.29, 0.717) is 12.5 Å². The highest BCUT2D eigenvalue weighted by molar-refractivity contribution is 5.99. The van der Waals surface area contributed by atoms with Gasteiger partial charge in [0.2, 0.25) is 5.91 Å². The van der Waals surface area contributed by atoms with Gasteiger partial charge < -0.3 is 15.3 Å². The second-order valence-electron chi connectivity index (χ2n) is 11.2.